The molecule has 0 bridgehead atoms. The van der Waals surface area contributed by atoms with Gasteiger partial charge in [0.15, 0.2) is 0 Å². The largest absolute Gasteiger partial charge is 0.469 e. The number of rotatable bonds is 6. The van der Waals surface area contributed by atoms with Gasteiger partial charge in [-0.3, -0.25) is 4.79 Å². The van der Waals surface area contributed by atoms with Crippen LogP contribution in [-0.2, 0) is 24.5 Å². The van der Waals surface area contributed by atoms with Crippen LogP contribution in [0.5, 0.6) is 0 Å². The number of hydrogen-bond donors (Lipinski definition) is 1. The first-order valence-corrected chi connectivity index (χ1v) is 7.71. The molecule has 1 saturated heterocycles. The van der Waals surface area contributed by atoms with Crippen LogP contribution in [0.15, 0.2) is 0 Å². The summed E-state index contributed by atoms with van der Waals surface area (Å²) in [4.78, 5) is 11.0. The van der Waals surface area contributed by atoms with E-state index in [1.165, 1.54) is 14.2 Å². The van der Waals surface area contributed by atoms with E-state index in [1.54, 1.807) is 0 Å². The summed E-state index contributed by atoms with van der Waals surface area (Å²) in [5, 5.41) is 0. The quantitative estimate of drug-likeness (QED) is 0.691. The molecular formula is C11H22N2O5S. The minimum atomic E-state index is -3.57. The van der Waals surface area contributed by atoms with Crippen LogP contribution in [0.2, 0.25) is 0 Å². The fourth-order valence-corrected chi connectivity index (χ4v) is 3.02. The van der Waals surface area contributed by atoms with Crippen molar-refractivity contribution in [3.8, 4) is 0 Å². The Balaban J connectivity index is 2.47. The van der Waals surface area contributed by atoms with E-state index in [0.29, 0.717) is 19.4 Å². The molecular weight excluding hydrogens is 272 g/mol. The third-order valence-electron chi connectivity index (χ3n) is 3.07. The standard InChI is InChI=1S/C11H22N2O5S/c1-9-8-10(5-7-18-9)12-19(15,16)13(2)6-4-11(14)17-3/h9-10,12H,4-8H2,1-3H3. The van der Waals surface area contributed by atoms with Gasteiger partial charge in [-0.25, -0.2) is 0 Å². The zero-order chi connectivity index (χ0) is 14.5. The molecule has 1 N–H and O–H groups in total. The fraction of sp³-hybridized carbons (Fsp3) is 0.909. The van der Waals surface area contributed by atoms with Crippen molar-refractivity contribution in [1.82, 2.24) is 9.03 Å². The Bertz CT molecular complexity index is 398. The van der Waals surface area contributed by atoms with Crippen molar-refractivity contribution in [3.63, 3.8) is 0 Å². The van der Waals surface area contributed by atoms with Crippen molar-refractivity contribution < 1.29 is 22.7 Å². The third-order valence-corrected chi connectivity index (χ3v) is 4.70. The first-order chi connectivity index (χ1) is 8.85. The first kappa shape index (κ1) is 16.4. The van der Waals surface area contributed by atoms with Crippen molar-refractivity contribution >= 4 is 16.2 Å². The van der Waals surface area contributed by atoms with E-state index in [9.17, 15) is 13.2 Å². The van der Waals surface area contributed by atoms with Gasteiger partial charge < -0.3 is 9.47 Å². The highest BCUT2D eigenvalue weighted by molar-refractivity contribution is 7.87. The summed E-state index contributed by atoms with van der Waals surface area (Å²) in [5.41, 5.74) is 0. The topological polar surface area (TPSA) is 84.9 Å². The average Bonchev–Trinajstić information content (AvgIpc) is 2.34. The van der Waals surface area contributed by atoms with E-state index in [1.807, 2.05) is 6.92 Å². The van der Waals surface area contributed by atoms with Crippen molar-refractivity contribution in [2.75, 3.05) is 27.3 Å². The highest BCUT2D eigenvalue weighted by atomic mass is 32.2. The van der Waals surface area contributed by atoms with Crippen LogP contribution < -0.4 is 4.72 Å². The summed E-state index contributed by atoms with van der Waals surface area (Å²) in [5.74, 6) is -0.429. The smallest absolute Gasteiger partial charge is 0.306 e. The Morgan fingerprint density at radius 1 is 1.53 bits per heavy atom. The van der Waals surface area contributed by atoms with Crippen molar-refractivity contribution in [2.45, 2.75) is 38.3 Å². The average molecular weight is 294 g/mol. The summed E-state index contributed by atoms with van der Waals surface area (Å²) < 4.78 is 37.7. The second-order valence-electron chi connectivity index (χ2n) is 4.67. The molecule has 1 fully saturated rings. The third kappa shape index (κ3) is 5.43. The highest BCUT2D eigenvalue weighted by Crippen LogP contribution is 2.14. The predicted molar refractivity (Wildman–Crippen MR) is 69.8 cm³/mol. The summed E-state index contributed by atoms with van der Waals surface area (Å²) in [6.07, 6.45) is 1.41. The minimum Gasteiger partial charge on any atom is -0.469 e. The molecule has 0 amide bonds. The van der Waals surface area contributed by atoms with E-state index in [4.69, 9.17) is 4.74 Å². The van der Waals surface area contributed by atoms with Crippen LogP contribution in [0.3, 0.4) is 0 Å². The summed E-state index contributed by atoms with van der Waals surface area (Å²) >= 11 is 0. The number of carbonyl (C=O) groups is 1. The van der Waals surface area contributed by atoms with Gasteiger partial charge in [-0.1, -0.05) is 0 Å². The number of esters is 1. The molecule has 0 aromatic heterocycles. The van der Waals surface area contributed by atoms with Gasteiger partial charge in [0.1, 0.15) is 0 Å². The van der Waals surface area contributed by atoms with Crippen LogP contribution in [0.4, 0.5) is 0 Å². The Morgan fingerprint density at radius 3 is 2.79 bits per heavy atom. The van der Waals surface area contributed by atoms with Crippen molar-refractivity contribution in [3.05, 3.63) is 0 Å². The summed E-state index contributed by atoms with van der Waals surface area (Å²) in [6, 6.07) is -0.116. The Labute approximate surface area is 114 Å². The maximum absolute atomic E-state index is 12.0. The molecule has 0 aliphatic carbocycles. The Morgan fingerprint density at radius 2 is 2.21 bits per heavy atom. The van der Waals surface area contributed by atoms with Crippen LogP contribution in [0, 0.1) is 0 Å². The van der Waals surface area contributed by atoms with Crippen LogP contribution in [-0.4, -0.2) is 58.1 Å². The van der Waals surface area contributed by atoms with Gasteiger partial charge in [0, 0.05) is 26.2 Å². The molecule has 1 rings (SSSR count). The maximum atomic E-state index is 12.0. The van der Waals surface area contributed by atoms with Gasteiger partial charge in [0.2, 0.25) is 0 Å². The van der Waals surface area contributed by atoms with E-state index in [0.717, 1.165) is 4.31 Å². The number of hydrogen-bond acceptors (Lipinski definition) is 5. The normalized spacial score (nSPS) is 24.4. The number of methoxy groups -OCH3 is 1. The lowest BCUT2D eigenvalue weighted by atomic mass is 10.1. The molecule has 8 heteroatoms. The molecule has 0 saturated carbocycles. The zero-order valence-electron chi connectivity index (χ0n) is 11.6. The molecule has 19 heavy (non-hydrogen) atoms. The van der Waals surface area contributed by atoms with E-state index in [2.05, 4.69) is 9.46 Å². The molecule has 0 aromatic carbocycles. The lowest BCUT2D eigenvalue weighted by Crippen LogP contribution is -2.47. The van der Waals surface area contributed by atoms with Crippen LogP contribution >= 0.6 is 0 Å². The molecule has 7 nitrogen and oxygen atoms in total. The SMILES string of the molecule is COC(=O)CCN(C)S(=O)(=O)NC1CCOC(C)C1. The second-order valence-corrected chi connectivity index (χ2v) is 6.48. The van der Waals surface area contributed by atoms with Gasteiger partial charge in [-0.15, -0.1) is 0 Å². The molecule has 1 heterocycles. The van der Waals surface area contributed by atoms with Gasteiger partial charge in [-0.2, -0.15) is 17.4 Å². The van der Waals surface area contributed by atoms with Crippen molar-refractivity contribution in [2.24, 2.45) is 0 Å². The van der Waals surface area contributed by atoms with Gasteiger partial charge in [-0.05, 0) is 19.8 Å². The predicted octanol–water partition coefficient (Wildman–Crippen LogP) is -0.117. The van der Waals surface area contributed by atoms with E-state index >= 15 is 0 Å². The molecule has 0 spiro atoms. The maximum Gasteiger partial charge on any atom is 0.306 e. The van der Waals surface area contributed by atoms with Gasteiger partial charge in [0.25, 0.3) is 10.2 Å². The van der Waals surface area contributed by atoms with Crippen molar-refractivity contribution in [1.29, 1.82) is 0 Å². The Kier molecular flexibility index (Phi) is 6.18. The zero-order valence-corrected chi connectivity index (χ0v) is 12.4. The van der Waals surface area contributed by atoms with Gasteiger partial charge in [0.05, 0.1) is 19.6 Å². The summed E-state index contributed by atoms with van der Waals surface area (Å²) in [7, 11) is -0.852. The lowest BCUT2D eigenvalue weighted by molar-refractivity contribution is -0.140. The molecule has 2 atom stereocenters. The molecule has 112 valence electrons. The highest BCUT2D eigenvalue weighted by Gasteiger charge is 2.26. The molecule has 2 unspecified atom stereocenters. The minimum absolute atomic E-state index is 0.0398. The van der Waals surface area contributed by atoms with Crippen LogP contribution in [0.25, 0.3) is 0 Å². The number of nitrogens with one attached hydrogen (secondary N) is 1. The molecule has 1 aliphatic rings. The number of carbonyl (C=O) groups excluding carboxylic acids is 1. The first-order valence-electron chi connectivity index (χ1n) is 6.27. The molecule has 0 aromatic rings. The lowest BCUT2D eigenvalue weighted by Gasteiger charge is -2.29. The summed E-state index contributed by atoms with van der Waals surface area (Å²) in [6.45, 7) is 2.57. The number of nitrogens with zero attached hydrogens (tertiary/aromatic N) is 1. The monoisotopic (exact) mass is 294 g/mol. The van der Waals surface area contributed by atoms with E-state index < -0.39 is 16.2 Å². The molecule has 0 radical (unpaired) electrons. The molecule has 1 aliphatic heterocycles. The second kappa shape index (κ2) is 7.18. The van der Waals surface area contributed by atoms with E-state index in [-0.39, 0.29) is 25.1 Å². The Hall–Kier alpha value is -0.700. The number of ether oxygens (including phenoxy) is 2. The fourth-order valence-electron chi connectivity index (χ4n) is 1.88. The van der Waals surface area contributed by atoms with Gasteiger partial charge >= 0.3 is 5.97 Å². The van der Waals surface area contributed by atoms with Crippen LogP contribution in [0.1, 0.15) is 26.2 Å².